The number of anilines is 3. The SMILES string of the molecule is CCc1ccc(Nc2sc3c(-c4ccc(C)cc4)c(C#N)c(N)nc3c2C(=O)N2CCOCC2)cc1. The zero-order chi connectivity index (χ0) is 25.2. The minimum atomic E-state index is -0.122. The number of fused-ring (bicyclic) bond motifs is 1. The van der Waals surface area contributed by atoms with Crippen LogP contribution >= 0.6 is 11.3 Å². The van der Waals surface area contributed by atoms with Gasteiger partial charge in [-0.05, 0) is 36.6 Å². The maximum absolute atomic E-state index is 13.8. The zero-order valence-electron chi connectivity index (χ0n) is 20.3. The van der Waals surface area contributed by atoms with E-state index < -0.39 is 0 Å². The Kier molecular flexibility index (Phi) is 6.59. The highest BCUT2D eigenvalue weighted by atomic mass is 32.1. The lowest BCUT2D eigenvalue weighted by Gasteiger charge is -2.27. The van der Waals surface area contributed by atoms with Crippen molar-refractivity contribution in [1.29, 1.82) is 5.26 Å². The third kappa shape index (κ3) is 4.39. The maximum atomic E-state index is 13.8. The van der Waals surface area contributed by atoms with Crippen LogP contribution in [0.2, 0.25) is 0 Å². The second-order valence-corrected chi connectivity index (χ2v) is 9.81. The molecule has 7 nitrogen and oxygen atoms in total. The highest BCUT2D eigenvalue weighted by molar-refractivity contribution is 7.24. The van der Waals surface area contributed by atoms with E-state index in [2.05, 4.69) is 35.4 Å². The van der Waals surface area contributed by atoms with Crippen LogP contribution in [0.25, 0.3) is 21.3 Å². The Morgan fingerprint density at radius 1 is 1.17 bits per heavy atom. The van der Waals surface area contributed by atoms with E-state index in [-0.39, 0.29) is 11.7 Å². The Hall–Kier alpha value is -3.93. The van der Waals surface area contributed by atoms with E-state index in [1.54, 1.807) is 4.90 Å². The van der Waals surface area contributed by atoms with Crippen molar-refractivity contribution in [2.45, 2.75) is 20.3 Å². The summed E-state index contributed by atoms with van der Waals surface area (Å²) in [5.74, 6) is -0.00283. The first-order valence-corrected chi connectivity index (χ1v) is 12.8. The molecular formula is C28H27N5O2S. The fraction of sp³-hybridized carbons (Fsp3) is 0.250. The van der Waals surface area contributed by atoms with Crippen molar-refractivity contribution in [2.24, 2.45) is 0 Å². The summed E-state index contributed by atoms with van der Waals surface area (Å²) in [4.78, 5) is 20.2. The molecule has 0 unspecified atom stereocenters. The average molecular weight is 498 g/mol. The lowest BCUT2D eigenvalue weighted by Crippen LogP contribution is -2.40. The summed E-state index contributed by atoms with van der Waals surface area (Å²) in [5.41, 5.74) is 12.4. The fourth-order valence-electron chi connectivity index (χ4n) is 4.39. The number of carbonyl (C=O) groups is 1. The van der Waals surface area contributed by atoms with Gasteiger partial charge in [-0.1, -0.05) is 48.9 Å². The topological polar surface area (TPSA) is 104 Å². The van der Waals surface area contributed by atoms with E-state index >= 15 is 0 Å². The van der Waals surface area contributed by atoms with Crippen molar-refractivity contribution in [3.8, 4) is 17.2 Å². The van der Waals surface area contributed by atoms with Crippen LogP contribution in [0, 0.1) is 18.3 Å². The van der Waals surface area contributed by atoms with Crippen molar-refractivity contribution in [2.75, 3.05) is 37.4 Å². The monoisotopic (exact) mass is 497 g/mol. The molecule has 0 saturated carbocycles. The molecule has 182 valence electrons. The summed E-state index contributed by atoms with van der Waals surface area (Å²) in [5, 5.41) is 14.1. The molecule has 3 N–H and O–H groups in total. The number of morpholine rings is 1. The minimum Gasteiger partial charge on any atom is -0.383 e. The van der Waals surface area contributed by atoms with Gasteiger partial charge in [0.1, 0.15) is 28.0 Å². The highest BCUT2D eigenvalue weighted by Gasteiger charge is 2.29. The van der Waals surface area contributed by atoms with Gasteiger partial charge in [0.2, 0.25) is 0 Å². The van der Waals surface area contributed by atoms with E-state index in [0.717, 1.165) is 27.9 Å². The quantitative estimate of drug-likeness (QED) is 0.377. The number of aromatic nitrogens is 1. The summed E-state index contributed by atoms with van der Waals surface area (Å²) < 4.78 is 6.22. The van der Waals surface area contributed by atoms with Gasteiger partial charge in [0, 0.05) is 24.3 Å². The average Bonchev–Trinajstić information content (AvgIpc) is 3.26. The molecular weight excluding hydrogens is 470 g/mol. The summed E-state index contributed by atoms with van der Waals surface area (Å²) in [6, 6.07) is 18.4. The highest BCUT2D eigenvalue weighted by Crippen LogP contribution is 2.44. The van der Waals surface area contributed by atoms with Crippen molar-refractivity contribution in [3.05, 3.63) is 70.8 Å². The standard InChI is InChI=1S/C28H27N5O2S/c1-3-18-6-10-20(11-7-18)31-27-23(28(34)33-12-14-35-15-13-33)24-25(36-27)22(21(16-29)26(30)32-24)19-8-4-17(2)5-9-19/h4-11,31H,3,12-15H2,1-2H3,(H2,30,32). The molecule has 8 heteroatoms. The number of nitrogen functional groups attached to an aromatic ring is 1. The van der Waals surface area contributed by atoms with Gasteiger partial charge in [-0.15, -0.1) is 11.3 Å². The van der Waals surface area contributed by atoms with Crippen molar-refractivity contribution < 1.29 is 9.53 Å². The second kappa shape index (κ2) is 9.97. The number of nitrogens with one attached hydrogen (secondary N) is 1. The Labute approximate surface area is 214 Å². The van der Waals surface area contributed by atoms with Gasteiger partial charge in [0.25, 0.3) is 5.91 Å². The molecule has 0 atom stereocenters. The molecule has 3 heterocycles. The van der Waals surface area contributed by atoms with Gasteiger partial charge in [0.15, 0.2) is 0 Å². The number of nitriles is 1. The number of rotatable bonds is 5. The summed E-state index contributed by atoms with van der Waals surface area (Å²) >= 11 is 1.43. The van der Waals surface area contributed by atoms with E-state index in [9.17, 15) is 10.1 Å². The smallest absolute Gasteiger partial charge is 0.259 e. The molecule has 1 fully saturated rings. The molecule has 0 radical (unpaired) electrons. The van der Waals surface area contributed by atoms with Gasteiger partial charge in [-0.3, -0.25) is 4.79 Å². The van der Waals surface area contributed by atoms with Crippen LogP contribution in [-0.4, -0.2) is 42.1 Å². The molecule has 0 aliphatic carbocycles. The number of nitrogens with zero attached hydrogens (tertiary/aromatic N) is 3. The lowest BCUT2D eigenvalue weighted by atomic mass is 9.99. The van der Waals surface area contributed by atoms with Crippen LogP contribution in [0.1, 0.15) is 34.0 Å². The van der Waals surface area contributed by atoms with Crippen LogP contribution in [0.3, 0.4) is 0 Å². The molecule has 0 bridgehead atoms. The number of pyridine rings is 1. The molecule has 1 saturated heterocycles. The van der Waals surface area contributed by atoms with Crippen molar-refractivity contribution in [1.82, 2.24) is 9.88 Å². The predicted octanol–water partition coefficient (Wildman–Crippen LogP) is 5.50. The van der Waals surface area contributed by atoms with E-state index in [4.69, 9.17) is 10.5 Å². The molecule has 5 rings (SSSR count). The van der Waals surface area contributed by atoms with E-state index in [0.29, 0.717) is 53.5 Å². The number of thiophene rings is 1. The summed E-state index contributed by atoms with van der Waals surface area (Å²) in [7, 11) is 0. The molecule has 2 aromatic carbocycles. The van der Waals surface area contributed by atoms with Gasteiger partial charge in [-0.2, -0.15) is 5.26 Å². The van der Waals surface area contributed by atoms with Crippen LogP contribution < -0.4 is 11.1 Å². The molecule has 1 aliphatic heterocycles. The van der Waals surface area contributed by atoms with E-state index in [1.807, 2.05) is 43.3 Å². The molecule has 1 aliphatic rings. The third-order valence-electron chi connectivity index (χ3n) is 6.43. The van der Waals surface area contributed by atoms with Gasteiger partial charge in [-0.25, -0.2) is 4.98 Å². The van der Waals surface area contributed by atoms with E-state index in [1.165, 1.54) is 16.9 Å². The van der Waals surface area contributed by atoms with Crippen LogP contribution in [0.15, 0.2) is 48.5 Å². The molecule has 0 spiro atoms. The number of carbonyl (C=O) groups excluding carboxylic acids is 1. The van der Waals surface area contributed by atoms with Crippen LogP contribution in [0.4, 0.5) is 16.5 Å². The number of nitrogens with two attached hydrogens (primary N) is 1. The Morgan fingerprint density at radius 3 is 2.50 bits per heavy atom. The molecule has 1 amide bonds. The van der Waals surface area contributed by atoms with Crippen LogP contribution in [-0.2, 0) is 11.2 Å². The van der Waals surface area contributed by atoms with Crippen molar-refractivity contribution >= 4 is 44.0 Å². The van der Waals surface area contributed by atoms with Crippen molar-refractivity contribution in [3.63, 3.8) is 0 Å². The molecule has 36 heavy (non-hydrogen) atoms. The number of amides is 1. The minimum absolute atomic E-state index is 0.119. The Morgan fingerprint density at radius 2 is 1.86 bits per heavy atom. The summed E-state index contributed by atoms with van der Waals surface area (Å²) in [6.07, 6.45) is 0.948. The summed E-state index contributed by atoms with van der Waals surface area (Å²) in [6.45, 7) is 6.15. The maximum Gasteiger partial charge on any atom is 0.259 e. The normalized spacial score (nSPS) is 13.5. The zero-order valence-corrected chi connectivity index (χ0v) is 21.1. The lowest BCUT2D eigenvalue weighted by molar-refractivity contribution is 0.0305. The number of benzene rings is 2. The number of hydrogen-bond donors (Lipinski definition) is 2. The first-order chi connectivity index (χ1) is 17.5. The third-order valence-corrected chi connectivity index (χ3v) is 7.54. The molecule has 4 aromatic rings. The number of aryl methyl sites for hydroxylation is 2. The first kappa shape index (κ1) is 23.8. The van der Waals surface area contributed by atoms with Gasteiger partial charge < -0.3 is 20.7 Å². The van der Waals surface area contributed by atoms with Crippen LogP contribution in [0.5, 0.6) is 0 Å². The van der Waals surface area contributed by atoms with Gasteiger partial charge in [0.05, 0.1) is 23.4 Å². The predicted molar refractivity (Wildman–Crippen MR) is 145 cm³/mol. The Bertz CT molecular complexity index is 1460. The second-order valence-electron chi connectivity index (χ2n) is 8.79. The largest absolute Gasteiger partial charge is 0.383 e. The number of hydrogen-bond acceptors (Lipinski definition) is 7. The number of ether oxygens (including phenoxy) is 1. The Balaban J connectivity index is 1.73. The first-order valence-electron chi connectivity index (χ1n) is 12.0. The van der Waals surface area contributed by atoms with Gasteiger partial charge >= 0.3 is 0 Å². The molecule has 2 aromatic heterocycles. The fourth-order valence-corrected chi connectivity index (χ4v) is 5.62.